The summed E-state index contributed by atoms with van der Waals surface area (Å²) in [5.74, 6) is 0.250. The van der Waals surface area contributed by atoms with Crippen molar-refractivity contribution in [1.29, 1.82) is 0 Å². The van der Waals surface area contributed by atoms with Crippen LogP contribution >= 0.6 is 0 Å². The molecule has 1 aromatic carbocycles. The van der Waals surface area contributed by atoms with E-state index in [0.29, 0.717) is 28.4 Å². The van der Waals surface area contributed by atoms with Crippen LogP contribution < -0.4 is 10.6 Å². The number of aryl methyl sites for hydroxylation is 1. The van der Waals surface area contributed by atoms with Gasteiger partial charge in [-0.3, -0.25) is 9.20 Å². The predicted molar refractivity (Wildman–Crippen MR) is 130 cm³/mol. The maximum atomic E-state index is 13.0. The second-order valence-corrected chi connectivity index (χ2v) is 9.73. The average molecular weight is 477 g/mol. The molecule has 4 rings (SSSR count). The van der Waals surface area contributed by atoms with Crippen LogP contribution in [0.1, 0.15) is 56.6 Å². The smallest absolute Gasteiger partial charge is 0.408 e. The van der Waals surface area contributed by atoms with Gasteiger partial charge in [0.05, 0.1) is 6.20 Å². The van der Waals surface area contributed by atoms with E-state index in [1.54, 1.807) is 51.3 Å². The van der Waals surface area contributed by atoms with Crippen molar-refractivity contribution in [1.82, 2.24) is 24.8 Å². The van der Waals surface area contributed by atoms with Crippen molar-refractivity contribution in [2.24, 2.45) is 0 Å². The Morgan fingerprint density at radius 1 is 1.09 bits per heavy atom. The highest BCUT2D eigenvalue weighted by atomic mass is 16.6. The van der Waals surface area contributed by atoms with Gasteiger partial charge >= 0.3 is 6.09 Å². The summed E-state index contributed by atoms with van der Waals surface area (Å²) in [4.78, 5) is 33.9. The molecule has 2 amide bonds. The Hall–Kier alpha value is -4.21. The number of hydrogen-bond acceptors (Lipinski definition) is 7. The van der Waals surface area contributed by atoms with Gasteiger partial charge in [-0.05, 0) is 65.3 Å². The molecule has 0 aliphatic rings. The first kappa shape index (κ1) is 23.9. The molecule has 0 radical (unpaired) electrons. The molecule has 0 saturated heterocycles. The minimum atomic E-state index is -0.960. The number of fused-ring (bicyclic) bond motifs is 1. The zero-order chi connectivity index (χ0) is 25.4. The van der Waals surface area contributed by atoms with Gasteiger partial charge in [0, 0.05) is 17.4 Å². The first-order valence-corrected chi connectivity index (χ1v) is 11.1. The van der Waals surface area contributed by atoms with Gasteiger partial charge in [0.2, 0.25) is 5.82 Å². The minimum absolute atomic E-state index is 0.218. The number of aromatic nitrogens is 4. The molecule has 10 nitrogen and oxygen atoms in total. The molecule has 0 aliphatic heterocycles. The van der Waals surface area contributed by atoms with E-state index in [1.807, 2.05) is 37.3 Å². The molecule has 0 aliphatic carbocycles. The zero-order valence-corrected chi connectivity index (χ0v) is 20.5. The Labute approximate surface area is 202 Å². The van der Waals surface area contributed by atoms with E-state index < -0.39 is 17.2 Å². The molecule has 0 fully saturated rings. The van der Waals surface area contributed by atoms with Crippen molar-refractivity contribution in [3.05, 3.63) is 65.9 Å². The van der Waals surface area contributed by atoms with Crippen LogP contribution in [-0.2, 0) is 10.3 Å². The largest absolute Gasteiger partial charge is 0.444 e. The lowest BCUT2D eigenvalue weighted by atomic mass is 10.1. The molecule has 10 heteroatoms. The number of ether oxygens (including phenoxy) is 1. The SMILES string of the molecule is Cc1ccc(-c2noc(C(C)(C)NC(=O)OC(C)(C)C)n2)cc1NC(=O)c1cnc2ccccn12. The Balaban J connectivity index is 1.54. The first-order valence-electron chi connectivity index (χ1n) is 11.1. The fourth-order valence-corrected chi connectivity index (χ4v) is 3.39. The van der Waals surface area contributed by atoms with Crippen LogP contribution in [0, 0.1) is 6.92 Å². The van der Waals surface area contributed by atoms with Crippen molar-refractivity contribution in [3.8, 4) is 11.4 Å². The Morgan fingerprint density at radius 3 is 2.60 bits per heavy atom. The van der Waals surface area contributed by atoms with Crippen molar-refractivity contribution in [2.45, 2.75) is 52.7 Å². The molecule has 0 unspecified atom stereocenters. The molecule has 0 bridgehead atoms. The van der Waals surface area contributed by atoms with Gasteiger partial charge < -0.3 is 19.9 Å². The highest BCUT2D eigenvalue weighted by Crippen LogP contribution is 2.27. The van der Waals surface area contributed by atoms with Gasteiger partial charge in [0.1, 0.15) is 22.5 Å². The van der Waals surface area contributed by atoms with Gasteiger partial charge in [-0.1, -0.05) is 23.4 Å². The number of carbonyl (C=O) groups excluding carboxylic acids is 2. The molecule has 182 valence electrons. The second-order valence-electron chi connectivity index (χ2n) is 9.73. The minimum Gasteiger partial charge on any atom is -0.444 e. The number of anilines is 1. The maximum absolute atomic E-state index is 13.0. The van der Waals surface area contributed by atoms with E-state index in [4.69, 9.17) is 9.26 Å². The lowest BCUT2D eigenvalue weighted by Crippen LogP contribution is -2.44. The predicted octanol–water partition coefficient (Wildman–Crippen LogP) is 4.70. The molecule has 3 heterocycles. The van der Waals surface area contributed by atoms with Crippen LogP contribution in [0.25, 0.3) is 17.0 Å². The first-order chi connectivity index (χ1) is 16.4. The summed E-state index contributed by atoms with van der Waals surface area (Å²) in [5.41, 5.74) is 1.63. The quantitative estimate of drug-likeness (QED) is 0.428. The highest BCUT2D eigenvalue weighted by molar-refractivity contribution is 6.04. The van der Waals surface area contributed by atoms with Crippen LogP contribution in [0.15, 0.2) is 53.3 Å². The Bertz CT molecular complexity index is 1400. The van der Waals surface area contributed by atoms with Crippen LogP contribution in [0.4, 0.5) is 10.5 Å². The van der Waals surface area contributed by atoms with E-state index >= 15 is 0 Å². The number of carbonyl (C=O) groups is 2. The Kier molecular flexibility index (Phi) is 6.06. The van der Waals surface area contributed by atoms with Crippen molar-refractivity contribution < 1.29 is 18.8 Å². The molecular formula is C25H28N6O4. The molecule has 35 heavy (non-hydrogen) atoms. The third-order valence-corrected chi connectivity index (χ3v) is 5.17. The van der Waals surface area contributed by atoms with Gasteiger partial charge in [-0.15, -0.1) is 0 Å². The summed E-state index contributed by atoms with van der Waals surface area (Å²) < 4.78 is 12.5. The normalized spacial score (nSPS) is 11.9. The van der Waals surface area contributed by atoms with Crippen LogP contribution in [0.2, 0.25) is 0 Å². The number of imidazole rings is 1. The maximum Gasteiger partial charge on any atom is 0.408 e. The van der Waals surface area contributed by atoms with E-state index in [2.05, 4.69) is 25.8 Å². The third-order valence-electron chi connectivity index (χ3n) is 5.17. The van der Waals surface area contributed by atoms with Crippen LogP contribution in [0.5, 0.6) is 0 Å². The van der Waals surface area contributed by atoms with Crippen LogP contribution in [-0.4, -0.2) is 37.1 Å². The fraction of sp³-hybridized carbons (Fsp3) is 0.320. The number of pyridine rings is 1. The molecule has 0 saturated carbocycles. The summed E-state index contributed by atoms with van der Waals surface area (Å²) in [6.07, 6.45) is 2.73. The lowest BCUT2D eigenvalue weighted by molar-refractivity contribution is 0.0451. The molecule has 0 atom stereocenters. The van der Waals surface area contributed by atoms with Gasteiger partial charge in [0.15, 0.2) is 0 Å². The van der Waals surface area contributed by atoms with Gasteiger partial charge in [-0.25, -0.2) is 9.78 Å². The topological polar surface area (TPSA) is 124 Å². The van der Waals surface area contributed by atoms with Crippen LogP contribution in [0.3, 0.4) is 0 Å². The van der Waals surface area contributed by atoms with E-state index in [0.717, 1.165) is 5.56 Å². The third kappa shape index (κ3) is 5.32. The number of hydrogen-bond donors (Lipinski definition) is 2. The summed E-state index contributed by atoms with van der Waals surface area (Å²) in [5, 5.41) is 9.76. The van der Waals surface area contributed by atoms with E-state index in [-0.39, 0.29) is 11.8 Å². The fourth-order valence-electron chi connectivity index (χ4n) is 3.39. The molecule has 2 N–H and O–H groups in total. The summed E-state index contributed by atoms with van der Waals surface area (Å²) >= 11 is 0. The van der Waals surface area contributed by atoms with E-state index in [1.165, 1.54) is 6.20 Å². The summed E-state index contributed by atoms with van der Waals surface area (Å²) in [6.45, 7) is 10.7. The van der Waals surface area contributed by atoms with Gasteiger partial charge in [-0.2, -0.15) is 4.98 Å². The molecule has 3 aromatic heterocycles. The van der Waals surface area contributed by atoms with Gasteiger partial charge in [0.25, 0.3) is 11.8 Å². The number of nitrogens with one attached hydrogen (secondary N) is 2. The second kappa shape index (κ2) is 8.86. The molecule has 4 aromatic rings. The lowest BCUT2D eigenvalue weighted by Gasteiger charge is -2.25. The number of amides is 2. The van der Waals surface area contributed by atoms with Crippen molar-refractivity contribution in [3.63, 3.8) is 0 Å². The molecule has 0 spiro atoms. The standard InChI is InChI=1S/C25H28N6O4/c1-15-10-11-16(13-17(15)27-21(32)18-14-26-19-9-7-8-12-31(18)19)20-28-22(35-30-20)25(5,6)29-23(33)34-24(2,3)4/h7-14H,1-6H3,(H,27,32)(H,29,33). The number of benzene rings is 1. The zero-order valence-electron chi connectivity index (χ0n) is 20.5. The number of alkyl carbamates (subject to hydrolysis) is 1. The summed E-state index contributed by atoms with van der Waals surface area (Å²) in [6, 6.07) is 11.0. The van der Waals surface area contributed by atoms with E-state index in [9.17, 15) is 9.59 Å². The number of rotatable bonds is 5. The monoisotopic (exact) mass is 476 g/mol. The molecular weight excluding hydrogens is 448 g/mol. The number of nitrogens with zero attached hydrogens (tertiary/aromatic N) is 4. The Morgan fingerprint density at radius 2 is 1.86 bits per heavy atom. The average Bonchev–Trinajstić information content (AvgIpc) is 3.41. The van der Waals surface area contributed by atoms with Crippen molar-refractivity contribution >= 4 is 23.3 Å². The summed E-state index contributed by atoms with van der Waals surface area (Å²) in [7, 11) is 0. The highest BCUT2D eigenvalue weighted by Gasteiger charge is 2.32. The van der Waals surface area contributed by atoms with Crippen molar-refractivity contribution in [2.75, 3.05) is 5.32 Å².